The minimum absolute atomic E-state index is 0.253. The van der Waals surface area contributed by atoms with Gasteiger partial charge in [-0.25, -0.2) is 0 Å². The molecule has 1 fully saturated rings. The maximum absolute atomic E-state index is 12.8. The summed E-state index contributed by atoms with van der Waals surface area (Å²) >= 11 is 6.22. The van der Waals surface area contributed by atoms with Crippen molar-refractivity contribution in [1.82, 2.24) is 4.90 Å². The predicted octanol–water partition coefficient (Wildman–Crippen LogP) is 3.07. The minimum Gasteiger partial charge on any atom is -0.493 e. The van der Waals surface area contributed by atoms with E-state index in [-0.39, 0.29) is 11.9 Å². The Labute approximate surface area is 146 Å². The smallest absolute Gasteiger partial charge is 0.308 e. The minimum atomic E-state index is -0.873. The number of nitrogens with zero attached hydrogens (tertiary/aromatic N) is 1. The number of rotatable bonds is 5. The molecule has 6 nitrogen and oxygen atoms in total. The highest BCUT2D eigenvalue weighted by Gasteiger charge is 2.36. The summed E-state index contributed by atoms with van der Waals surface area (Å²) in [5, 5.41) is 9.60. The summed E-state index contributed by atoms with van der Waals surface area (Å²) in [6, 6.07) is 2.74. The number of likely N-dealkylation sites (tertiary alicyclic amines) is 1. The lowest BCUT2D eigenvalue weighted by Gasteiger charge is -2.37. The number of methoxy groups -OCH3 is 1. The fourth-order valence-corrected chi connectivity index (χ4v) is 3.32. The number of aliphatic carboxylic acids is 1. The Bertz CT molecular complexity index is 634. The summed E-state index contributed by atoms with van der Waals surface area (Å²) in [7, 11) is 1.48. The van der Waals surface area contributed by atoms with Crippen molar-refractivity contribution >= 4 is 23.5 Å². The van der Waals surface area contributed by atoms with Crippen LogP contribution in [-0.2, 0) is 4.79 Å². The van der Waals surface area contributed by atoms with Gasteiger partial charge in [-0.2, -0.15) is 0 Å². The molecule has 1 saturated heterocycles. The number of carbonyl (C=O) groups excluding carboxylic acids is 1. The van der Waals surface area contributed by atoms with Gasteiger partial charge in [-0.15, -0.1) is 0 Å². The van der Waals surface area contributed by atoms with Crippen molar-refractivity contribution in [2.24, 2.45) is 5.92 Å². The van der Waals surface area contributed by atoms with Crippen LogP contribution in [0.15, 0.2) is 12.1 Å². The average Bonchev–Trinajstić information content (AvgIpc) is 2.55. The van der Waals surface area contributed by atoms with E-state index in [2.05, 4.69) is 0 Å². The lowest BCUT2D eigenvalue weighted by molar-refractivity contribution is -0.144. The van der Waals surface area contributed by atoms with Crippen molar-refractivity contribution in [1.29, 1.82) is 0 Å². The van der Waals surface area contributed by atoms with Crippen molar-refractivity contribution in [3.8, 4) is 11.5 Å². The maximum Gasteiger partial charge on any atom is 0.308 e. The van der Waals surface area contributed by atoms with Crippen LogP contribution in [0, 0.1) is 5.92 Å². The second kappa shape index (κ2) is 7.75. The quantitative estimate of drug-likeness (QED) is 0.878. The van der Waals surface area contributed by atoms with Gasteiger partial charge in [-0.1, -0.05) is 11.6 Å². The third-order valence-electron chi connectivity index (χ3n) is 4.33. The summed E-state index contributed by atoms with van der Waals surface area (Å²) < 4.78 is 10.7. The molecule has 0 bridgehead atoms. The number of carboxylic acid groups (broad SMARTS) is 1. The van der Waals surface area contributed by atoms with Gasteiger partial charge < -0.3 is 19.5 Å². The molecule has 0 aromatic heterocycles. The third kappa shape index (κ3) is 3.59. The average molecular weight is 356 g/mol. The molecule has 0 radical (unpaired) electrons. The van der Waals surface area contributed by atoms with Crippen molar-refractivity contribution in [3.63, 3.8) is 0 Å². The molecule has 2 atom stereocenters. The summed E-state index contributed by atoms with van der Waals surface area (Å²) in [6.07, 6.45) is 1.24. The standard InChI is InChI=1S/C17H22ClNO5/c1-4-24-15-13(18)8-11(9-14(15)23-3)16(20)19-7-5-6-12(10(19)2)17(21)22/h8-10,12H,4-7H2,1-3H3,(H,21,22)/t10-,12-/m0/s1. The zero-order valence-corrected chi connectivity index (χ0v) is 14.8. The Balaban J connectivity index is 2.32. The number of hydrogen-bond acceptors (Lipinski definition) is 4. The topological polar surface area (TPSA) is 76.1 Å². The number of benzene rings is 1. The first-order valence-corrected chi connectivity index (χ1v) is 8.32. The Hall–Kier alpha value is -1.95. The van der Waals surface area contributed by atoms with E-state index >= 15 is 0 Å². The van der Waals surface area contributed by atoms with Crippen molar-refractivity contribution in [3.05, 3.63) is 22.7 Å². The molecule has 2 rings (SSSR count). The van der Waals surface area contributed by atoms with Crippen LogP contribution in [0.1, 0.15) is 37.0 Å². The van der Waals surface area contributed by atoms with E-state index in [4.69, 9.17) is 21.1 Å². The Morgan fingerprint density at radius 1 is 1.42 bits per heavy atom. The van der Waals surface area contributed by atoms with E-state index in [9.17, 15) is 14.7 Å². The molecule has 0 aliphatic carbocycles. The van der Waals surface area contributed by atoms with Crippen LogP contribution in [-0.4, -0.2) is 48.2 Å². The van der Waals surface area contributed by atoms with E-state index in [1.54, 1.807) is 17.9 Å². The van der Waals surface area contributed by atoms with Crippen LogP contribution < -0.4 is 9.47 Å². The molecule has 0 unspecified atom stereocenters. The summed E-state index contributed by atoms with van der Waals surface area (Å²) in [5.41, 5.74) is 0.359. The molecular weight excluding hydrogens is 334 g/mol. The largest absolute Gasteiger partial charge is 0.493 e. The predicted molar refractivity (Wildman–Crippen MR) is 90.0 cm³/mol. The fraction of sp³-hybridized carbons (Fsp3) is 0.529. The summed E-state index contributed by atoms with van der Waals surface area (Å²) in [4.78, 5) is 25.8. The van der Waals surface area contributed by atoms with Crippen LogP contribution in [0.3, 0.4) is 0 Å². The molecule has 0 spiro atoms. The highest BCUT2D eigenvalue weighted by molar-refractivity contribution is 6.32. The van der Waals surface area contributed by atoms with Crippen LogP contribution >= 0.6 is 11.6 Å². The van der Waals surface area contributed by atoms with Gasteiger partial charge in [0.05, 0.1) is 24.7 Å². The highest BCUT2D eigenvalue weighted by atomic mass is 35.5. The second-order valence-electron chi connectivity index (χ2n) is 5.75. The lowest BCUT2D eigenvalue weighted by Crippen LogP contribution is -2.49. The van der Waals surface area contributed by atoms with Crippen molar-refractivity contribution in [2.45, 2.75) is 32.7 Å². The number of carbonyl (C=O) groups is 2. The Morgan fingerprint density at radius 3 is 2.71 bits per heavy atom. The molecule has 1 N–H and O–H groups in total. The SMILES string of the molecule is CCOc1c(Cl)cc(C(=O)N2CCC[C@H](C(=O)O)[C@@H]2C)cc1OC. The molecule has 1 heterocycles. The molecule has 1 aliphatic rings. The molecule has 1 aromatic carbocycles. The molecule has 7 heteroatoms. The highest BCUT2D eigenvalue weighted by Crippen LogP contribution is 2.37. The third-order valence-corrected chi connectivity index (χ3v) is 4.61. The monoisotopic (exact) mass is 355 g/mol. The second-order valence-corrected chi connectivity index (χ2v) is 6.16. The van der Waals surface area contributed by atoms with E-state index < -0.39 is 11.9 Å². The van der Waals surface area contributed by atoms with Crippen molar-refractivity contribution in [2.75, 3.05) is 20.3 Å². The van der Waals surface area contributed by atoms with Gasteiger partial charge in [0.1, 0.15) is 0 Å². The first kappa shape index (κ1) is 18.4. The lowest BCUT2D eigenvalue weighted by atomic mass is 9.90. The molecule has 24 heavy (non-hydrogen) atoms. The van der Waals surface area contributed by atoms with Gasteiger partial charge in [-0.05, 0) is 38.8 Å². The maximum atomic E-state index is 12.8. The summed E-state index contributed by atoms with van der Waals surface area (Å²) in [6.45, 7) is 4.54. The van der Waals surface area contributed by atoms with Gasteiger partial charge in [-0.3, -0.25) is 9.59 Å². The molecule has 0 saturated carbocycles. The van der Waals surface area contributed by atoms with Crippen LogP contribution in [0.25, 0.3) is 0 Å². The molecular formula is C17H22ClNO5. The molecule has 1 aliphatic heterocycles. The van der Waals surface area contributed by atoms with Gasteiger partial charge in [0, 0.05) is 18.2 Å². The normalized spacial score (nSPS) is 20.6. The van der Waals surface area contributed by atoms with E-state index in [1.165, 1.54) is 13.2 Å². The Morgan fingerprint density at radius 2 is 2.12 bits per heavy atom. The van der Waals surface area contributed by atoms with Crippen molar-refractivity contribution < 1.29 is 24.2 Å². The van der Waals surface area contributed by atoms with Crippen LogP contribution in [0.2, 0.25) is 5.02 Å². The first-order chi connectivity index (χ1) is 11.4. The number of halogens is 1. The van der Waals surface area contributed by atoms with Gasteiger partial charge in [0.2, 0.25) is 0 Å². The Kier molecular flexibility index (Phi) is 5.94. The zero-order chi connectivity index (χ0) is 17.9. The fourth-order valence-electron chi connectivity index (χ4n) is 3.05. The number of piperidine rings is 1. The molecule has 1 amide bonds. The first-order valence-electron chi connectivity index (χ1n) is 7.94. The number of amides is 1. The van der Waals surface area contributed by atoms with Crippen LogP contribution in [0.5, 0.6) is 11.5 Å². The van der Waals surface area contributed by atoms with E-state index in [0.717, 1.165) is 0 Å². The van der Waals surface area contributed by atoms with Gasteiger partial charge >= 0.3 is 5.97 Å². The molecule has 132 valence electrons. The van der Waals surface area contributed by atoms with E-state index in [0.29, 0.717) is 48.1 Å². The zero-order valence-electron chi connectivity index (χ0n) is 14.0. The van der Waals surface area contributed by atoms with Gasteiger partial charge in [0.25, 0.3) is 5.91 Å². The van der Waals surface area contributed by atoms with Gasteiger partial charge in [0.15, 0.2) is 11.5 Å². The molecule has 1 aromatic rings. The number of carboxylic acids is 1. The van der Waals surface area contributed by atoms with E-state index in [1.807, 2.05) is 6.92 Å². The van der Waals surface area contributed by atoms with Crippen LogP contribution in [0.4, 0.5) is 0 Å². The summed E-state index contributed by atoms with van der Waals surface area (Å²) in [5.74, 6) is -0.901. The number of ether oxygens (including phenoxy) is 2. The number of hydrogen-bond donors (Lipinski definition) is 1.